The van der Waals surface area contributed by atoms with E-state index in [4.69, 9.17) is 19.5 Å². The first-order valence-corrected chi connectivity index (χ1v) is 10.2. The Kier molecular flexibility index (Phi) is 5.07. The molecule has 2 atom stereocenters. The van der Waals surface area contributed by atoms with Gasteiger partial charge in [0.15, 0.2) is 0 Å². The van der Waals surface area contributed by atoms with Crippen LogP contribution in [0.5, 0.6) is 0 Å². The molecule has 0 saturated carbocycles. The van der Waals surface area contributed by atoms with Gasteiger partial charge < -0.3 is 14.8 Å². The molecule has 2 aliphatic rings. The molecule has 0 aliphatic carbocycles. The molecule has 29 heavy (non-hydrogen) atoms. The third kappa shape index (κ3) is 3.86. The number of anilines is 2. The zero-order valence-electron chi connectivity index (χ0n) is 18.1. The highest BCUT2D eigenvalue weighted by Gasteiger charge is 2.24. The van der Waals surface area contributed by atoms with Gasteiger partial charge in [-0.25, -0.2) is 9.98 Å². The minimum Gasteiger partial charge on any atom is -0.475 e. The molecule has 5 nitrogen and oxygen atoms in total. The van der Waals surface area contributed by atoms with Crippen molar-refractivity contribution in [3.8, 4) is 0 Å². The van der Waals surface area contributed by atoms with Crippen molar-refractivity contribution in [3.05, 3.63) is 57.6 Å². The predicted molar refractivity (Wildman–Crippen MR) is 119 cm³/mol. The van der Waals surface area contributed by atoms with E-state index in [1.807, 2.05) is 0 Å². The van der Waals surface area contributed by atoms with Gasteiger partial charge in [-0.05, 0) is 75.9 Å². The third-order valence-corrected chi connectivity index (χ3v) is 5.27. The first-order chi connectivity index (χ1) is 13.8. The Labute approximate surface area is 172 Å². The minimum absolute atomic E-state index is 0.179. The summed E-state index contributed by atoms with van der Waals surface area (Å²) in [5.74, 6) is 1.42. The highest BCUT2D eigenvalue weighted by Crippen LogP contribution is 2.34. The van der Waals surface area contributed by atoms with Gasteiger partial charge in [0.25, 0.3) is 0 Å². The molecule has 2 aromatic rings. The zero-order chi connectivity index (χ0) is 20.7. The number of aliphatic imine (C=N–C) groups is 2. The van der Waals surface area contributed by atoms with E-state index >= 15 is 0 Å². The summed E-state index contributed by atoms with van der Waals surface area (Å²) < 4.78 is 11.8. The predicted octanol–water partition coefficient (Wildman–Crippen LogP) is 4.99. The smallest absolute Gasteiger partial charge is 0.218 e. The van der Waals surface area contributed by atoms with Crippen molar-refractivity contribution < 1.29 is 9.47 Å². The average molecular weight is 392 g/mol. The van der Waals surface area contributed by atoms with E-state index in [0.29, 0.717) is 25.0 Å². The SMILES string of the molecule is Cc1cc(C)c(Nc2c(C)cc(C)cc2C2=NC(C)CO2)c(C2=NC(C)CO2)c1. The Morgan fingerprint density at radius 1 is 0.724 bits per heavy atom. The van der Waals surface area contributed by atoms with Gasteiger partial charge in [-0.1, -0.05) is 12.1 Å². The number of hydrogen-bond donors (Lipinski definition) is 1. The molecule has 0 spiro atoms. The van der Waals surface area contributed by atoms with E-state index in [2.05, 4.69) is 71.1 Å². The van der Waals surface area contributed by atoms with Gasteiger partial charge in [-0.2, -0.15) is 0 Å². The zero-order valence-corrected chi connectivity index (χ0v) is 18.1. The molecule has 2 heterocycles. The summed E-state index contributed by atoms with van der Waals surface area (Å²) in [6.45, 7) is 13.8. The summed E-state index contributed by atoms with van der Waals surface area (Å²) in [5.41, 5.74) is 8.71. The second-order valence-electron chi connectivity index (χ2n) is 8.32. The fourth-order valence-corrected chi connectivity index (χ4v) is 3.97. The Balaban J connectivity index is 1.83. The number of aryl methyl sites for hydroxylation is 4. The maximum atomic E-state index is 5.89. The van der Waals surface area contributed by atoms with E-state index in [1.54, 1.807) is 0 Å². The molecular weight excluding hydrogens is 362 g/mol. The largest absolute Gasteiger partial charge is 0.475 e. The van der Waals surface area contributed by atoms with E-state index < -0.39 is 0 Å². The normalized spacial score (nSPS) is 20.8. The molecule has 0 bridgehead atoms. The van der Waals surface area contributed by atoms with Gasteiger partial charge in [0.1, 0.15) is 13.2 Å². The van der Waals surface area contributed by atoms with Crippen molar-refractivity contribution in [2.24, 2.45) is 9.98 Å². The van der Waals surface area contributed by atoms with Crippen LogP contribution in [0.1, 0.15) is 47.2 Å². The van der Waals surface area contributed by atoms with Crippen LogP contribution in [0.3, 0.4) is 0 Å². The molecule has 0 aromatic heterocycles. The number of ether oxygens (including phenoxy) is 2. The molecule has 1 N–H and O–H groups in total. The maximum absolute atomic E-state index is 5.89. The summed E-state index contributed by atoms with van der Waals surface area (Å²) in [6.07, 6.45) is 0. The first-order valence-electron chi connectivity index (χ1n) is 10.2. The lowest BCUT2D eigenvalue weighted by molar-refractivity contribution is 0.324. The van der Waals surface area contributed by atoms with Crippen molar-refractivity contribution in [1.82, 2.24) is 0 Å². The van der Waals surface area contributed by atoms with Gasteiger partial charge in [0, 0.05) is 0 Å². The van der Waals surface area contributed by atoms with Crippen LogP contribution < -0.4 is 5.32 Å². The highest BCUT2D eigenvalue weighted by atomic mass is 16.5. The van der Waals surface area contributed by atoms with Crippen LogP contribution in [0.4, 0.5) is 11.4 Å². The van der Waals surface area contributed by atoms with Crippen LogP contribution in [0, 0.1) is 27.7 Å². The third-order valence-electron chi connectivity index (χ3n) is 5.27. The summed E-state index contributed by atoms with van der Waals surface area (Å²) in [4.78, 5) is 9.39. The second-order valence-corrected chi connectivity index (χ2v) is 8.32. The summed E-state index contributed by atoms with van der Waals surface area (Å²) in [7, 11) is 0. The van der Waals surface area contributed by atoms with Crippen LogP contribution in [0.15, 0.2) is 34.3 Å². The van der Waals surface area contributed by atoms with Crippen LogP contribution in [-0.2, 0) is 9.47 Å². The molecule has 5 heteroatoms. The standard InChI is InChI=1S/C24H29N3O2/c1-13-7-15(3)21(19(9-13)23-25-17(5)11-28-23)27-22-16(4)8-14(2)10-20(22)24-26-18(6)12-29-24/h7-10,17-18,27H,11-12H2,1-6H3. The average Bonchev–Trinajstić information content (AvgIpc) is 3.26. The van der Waals surface area contributed by atoms with Gasteiger partial charge in [0.05, 0.1) is 34.6 Å². The first kappa shape index (κ1) is 19.5. The van der Waals surface area contributed by atoms with Crippen LogP contribution in [0.25, 0.3) is 0 Å². The molecule has 0 saturated heterocycles. The molecule has 4 rings (SSSR count). The van der Waals surface area contributed by atoms with Gasteiger partial charge in [-0.3, -0.25) is 0 Å². The molecule has 0 amide bonds. The summed E-state index contributed by atoms with van der Waals surface area (Å²) >= 11 is 0. The van der Waals surface area contributed by atoms with E-state index in [-0.39, 0.29) is 12.1 Å². The molecule has 0 radical (unpaired) electrons. The van der Waals surface area contributed by atoms with Gasteiger partial charge >= 0.3 is 0 Å². The maximum Gasteiger partial charge on any atom is 0.218 e. The number of benzene rings is 2. The van der Waals surface area contributed by atoms with E-state index in [1.165, 1.54) is 11.1 Å². The quantitative estimate of drug-likeness (QED) is 0.798. The van der Waals surface area contributed by atoms with Crippen molar-refractivity contribution in [2.45, 2.75) is 53.6 Å². The Bertz CT molecular complexity index is 942. The second kappa shape index (κ2) is 7.54. The number of hydrogen-bond acceptors (Lipinski definition) is 5. The molecule has 2 unspecified atom stereocenters. The topological polar surface area (TPSA) is 55.2 Å². The van der Waals surface area contributed by atoms with Crippen molar-refractivity contribution in [3.63, 3.8) is 0 Å². The molecule has 2 aliphatic heterocycles. The molecular formula is C24H29N3O2. The molecule has 0 fully saturated rings. The van der Waals surface area contributed by atoms with E-state index in [0.717, 1.165) is 33.6 Å². The lowest BCUT2D eigenvalue weighted by Crippen LogP contribution is -2.12. The monoisotopic (exact) mass is 391 g/mol. The van der Waals surface area contributed by atoms with Crippen molar-refractivity contribution >= 4 is 23.2 Å². The summed E-state index contributed by atoms with van der Waals surface area (Å²) in [6, 6.07) is 9.00. The van der Waals surface area contributed by atoms with Crippen LogP contribution >= 0.6 is 0 Å². The van der Waals surface area contributed by atoms with Crippen LogP contribution in [-0.4, -0.2) is 37.1 Å². The lowest BCUT2D eigenvalue weighted by atomic mass is 10.00. The fourth-order valence-electron chi connectivity index (χ4n) is 3.97. The van der Waals surface area contributed by atoms with Gasteiger partial charge in [0.2, 0.25) is 11.8 Å². The molecule has 152 valence electrons. The number of rotatable bonds is 4. The highest BCUT2D eigenvalue weighted by molar-refractivity contribution is 6.05. The number of nitrogens with zero attached hydrogens (tertiary/aromatic N) is 2. The number of nitrogens with one attached hydrogen (secondary N) is 1. The van der Waals surface area contributed by atoms with E-state index in [9.17, 15) is 0 Å². The van der Waals surface area contributed by atoms with Crippen LogP contribution in [0.2, 0.25) is 0 Å². The van der Waals surface area contributed by atoms with Crippen molar-refractivity contribution in [2.75, 3.05) is 18.5 Å². The lowest BCUT2D eigenvalue weighted by Gasteiger charge is -2.20. The van der Waals surface area contributed by atoms with Gasteiger partial charge in [-0.15, -0.1) is 0 Å². The summed E-state index contributed by atoms with van der Waals surface area (Å²) in [5, 5.41) is 3.69. The Morgan fingerprint density at radius 3 is 1.48 bits per heavy atom. The Morgan fingerprint density at radius 2 is 1.14 bits per heavy atom. The van der Waals surface area contributed by atoms with Crippen molar-refractivity contribution in [1.29, 1.82) is 0 Å². The fraction of sp³-hybridized carbons (Fsp3) is 0.417. The minimum atomic E-state index is 0.179. The Hall–Kier alpha value is -2.82. The molecule has 2 aromatic carbocycles.